The van der Waals surface area contributed by atoms with E-state index in [0.717, 1.165) is 32.4 Å². The second-order valence-electron chi connectivity index (χ2n) is 5.89. The van der Waals surface area contributed by atoms with Crippen LogP contribution in [-0.2, 0) is 6.42 Å². The highest BCUT2D eigenvalue weighted by molar-refractivity contribution is 5.68. The molecule has 0 aromatic heterocycles. The summed E-state index contributed by atoms with van der Waals surface area (Å²) in [6, 6.07) is 10.7. The van der Waals surface area contributed by atoms with Gasteiger partial charge in [0.1, 0.15) is 0 Å². The Bertz CT molecular complexity index is 540. The maximum atomic E-state index is 4.69. The zero-order chi connectivity index (χ0) is 14.3. The first kappa shape index (κ1) is 14.3. The number of nitrogens with one attached hydrogen (secondary N) is 1. The number of allylic oxidation sites excluding steroid dienone is 2. The molecule has 1 aromatic carbocycles. The summed E-state index contributed by atoms with van der Waals surface area (Å²) in [5.41, 5.74) is 4.27. The molecule has 1 N–H and O–H groups in total. The van der Waals surface area contributed by atoms with Gasteiger partial charge in [-0.15, -0.1) is 0 Å². The van der Waals surface area contributed by atoms with Gasteiger partial charge in [0.05, 0.1) is 0 Å². The minimum Gasteiger partial charge on any atom is -0.313 e. The monoisotopic (exact) mass is 280 g/mol. The fraction of sp³-hybridized carbons (Fsp3) is 0.421. The minimum atomic E-state index is 0.546. The first-order chi connectivity index (χ1) is 10.4. The predicted octanol–water partition coefficient (Wildman–Crippen LogP) is 3.90. The lowest BCUT2D eigenvalue weighted by Crippen LogP contribution is -2.24. The summed E-state index contributed by atoms with van der Waals surface area (Å²) >= 11 is 0. The summed E-state index contributed by atoms with van der Waals surface area (Å²) in [7, 11) is 0. The van der Waals surface area contributed by atoms with Crippen molar-refractivity contribution >= 4 is 6.21 Å². The smallest absolute Gasteiger partial charge is 0.0360 e. The lowest BCUT2D eigenvalue weighted by atomic mass is 9.90. The number of aryl methyl sites for hydroxylation is 1. The van der Waals surface area contributed by atoms with Gasteiger partial charge in [-0.25, -0.2) is 0 Å². The SMILES string of the molecule is C1=NC(CCCc2ccccc2)=CCC1C1=CCNCC1. The molecule has 0 spiro atoms. The highest BCUT2D eigenvalue weighted by atomic mass is 14.9. The van der Waals surface area contributed by atoms with Crippen LogP contribution >= 0.6 is 0 Å². The number of benzene rings is 1. The summed E-state index contributed by atoms with van der Waals surface area (Å²) in [4.78, 5) is 4.69. The summed E-state index contributed by atoms with van der Waals surface area (Å²) in [6.45, 7) is 2.14. The third-order valence-corrected chi connectivity index (χ3v) is 4.34. The van der Waals surface area contributed by atoms with E-state index in [4.69, 9.17) is 4.99 Å². The van der Waals surface area contributed by atoms with Crippen molar-refractivity contribution < 1.29 is 0 Å². The number of hydrogen-bond donors (Lipinski definition) is 1. The topological polar surface area (TPSA) is 24.4 Å². The zero-order valence-corrected chi connectivity index (χ0v) is 12.6. The molecule has 2 aliphatic heterocycles. The van der Waals surface area contributed by atoms with E-state index in [1.807, 2.05) is 0 Å². The van der Waals surface area contributed by atoms with E-state index in [9.17, 15) is 0 Å². The third-order valence-electron chi connectivity index (χ3n) is 4.34. The van der Waals surface area contributed by atoms with Crippen molar-refractivity contribution in [1.82, 2.24) is 5.32 Å². The van der Waals surface area contributed by atoms with Crippen molar-refractivity contribution in [3.63, 3.8) is 0 Å². The first-order valence-electron chi connectivity index (χ1n) is 8.08. The molecule has 110 valence electrons. The molecule has 0 fully saturated rings. The molecule has 1 unspecified atom stereocenters. The number of hydrogen-bond acceptors (Lipinski definition) is 2. The summed E-state index contributed by atoms with van der Waals surface area (Å²) in [6.07, 6.45) is 12.6. The van der Waals surface area contributed by atoms with Gasteiger partial charge in [-0.05, 0) is 44.2 Å². The molecule has 0 saturated heterocycles. The molecule has 2 aliphatic rings. The molecule has 21 heavy (non-hydrogen) atoms. The molecule has 0 radical (unpaired) electrons. The van der Waals surface area contributed by atoms with E-state index in [0.29, 0.717) is 5.92 Å². The highest BCUT2D eigenvalue weighted by Gasteiger charge is 2.16. The van der Waals surface area contributed by atoms with Crippen molar-refractivity contribution in [2.45, 2.75) is 32.1 Å². The van der Waals surface area contributed by atoms with Crippen LogP contribution in [0.15, 0.2) is 58.7 Å². The molecule has 2 heteroatoms. The van der Waals surface area contributed by atoms with E-state index in [-0.39, 0.29) is 0 Å². The molecule has 3 rings (SSSR count). The largest absolute Gasteiger partial charge is 0.313 e. The Morgan fingerprint density at radius 3 is 2.71 bits per heavy atom. The molecule has 2 heterocycles. The van der Waals surface area contributed by atoms with Crippen LogP contribution in [0.1, 0.15) is 31.2 Å². The average molecular weight is 280 g/mol. The van der Waals surface area contributed by atoms with Crippen LogP contribution in [0, 0.1) is 5.92 Å². The zero-order valence-electron chi connectivity index (χ0n) is 12.6. The van der Waals surface area contributed by atoms with E-state index in [1.54, 1.807) is 5.57 Å². The first-order valence-corrected chi connectivity index (χ1v) is 8.08. The van der Waals surface area contributed by atoms with Gasteiger partial charge in [-0.2, -0.15) is 0 Å². The Hall–Kier alpha value is -1.67. The number of aliphatic imine (C=N–C) groups is 1. The van der Waals surface area contributed by atoms with Gasteiger partial charge in [0.25, 0.3) is 0 Å². The van der Waals surface area contributed by atoms with Crippen LogP contribution in [-0.4, -0.2) is 19.3 Å². The lowest BCUT2D eigenvalue weighted by Gasteiger charge is -2.22. The molecule has 1 atom stereocenters. The fourth-order valence-electron chi connectivity index (χ4n) is 3.07. The second kappa shape index (κ2) is 7.37. The van der Waals surface area contributed by atoms with Gasteiger partial charge >= 0.3 is 0 Å². The molecule has 1 aromatic rings. The van der Waals surface area contributed by atoms with Crippen LogP contribution in [0.4, 0.5) is 0 Å². The summed E-state index contributed by atoms with van der Waals surface area (Å²) in [5, 5.41) is 3.37. The molecule has 0 saturated carbocycles. The molecule has 0 bridgehead atoms. The van der Waals surface area contributed by atoms with Crippen LogP contribution in [0.3, 0.4) is 0 Å². The Kier molecular flexibility index (Phi) is 5.01. The number of nitrogens with zero attached hydrogens (tertiary/aromatic N) is 1. The Balaban J connectivity index is 1.45. The average Bonchev–Trinajstić information content (AvgIpc) is 2.57. The van der Waals surface area contributed by atoms with E-state index < -0.39 is 0 Å². The van der Waals surface area contributed by atoms with Gasteiger partial charge in [-0.1, -0.05) is 48.1 Å². The quantitative estimate of drug-likeness (QED) is 0.813. The summed E-state index contributed by atoms with van der Waals surface area (Å²) < 4.78 is 0. The van der Waals surface area contributed by atoms with E-state index >= 15 is 0 Å². The normalized spacial score (nSPS) is 21.8. The van der Waals surface area contributed by atoms with Crippen LogP contribution < -0.4 is 5.32 Å². The van der Waals surface area contributed by atoms with Crippen molar-refractivity contribution in [3.8, 4) is 0 Å². The second-order valence-corrected chi connectivity index (χ2v) is 5.89. The van der Waals surface area contributed by atoms with Crippen LogP contribution in [0.25, 0.3) is 0 Å². The molecular formula is C19H24N2. The summed E-state index contributed by atoms with van der Waals surface area (Å²) in [5.74, 6) is 0.546. The van der Waals surface area contributed by atoms with E-state index in [2.05, 4.69) is 54.0 Å². The van der Waals surface area contributed by atoms with Crippen molar-refractivity contribution in [3.05, 3.63) is 59.3 Å². The van der Waals surface area contributed by atoms with Gasteiger partial charge in [0, 0.05) is 24.4 Å². The molecule has 0 amide bonds. The Labute approximate surface area is 127 Å². The van der Waals surface area contributed by atoms with E-state index in [1.165, 1.54) is 24.1 Å². The predicted molar refractivity (Wildman–Crippen MR) is 89.6 cm³/mol. The fourth-order valence-corrected chi connectivity index (χ4v) is 3.07. The molecule has 2 nitrogen and oxygen atoms in total. The van der Waals surface area contributed by atoms with Gasteiger partial charge < -0.3 is 5.32 Å². The lowest BCUT2D eigenvalue weighted by molar-refractivity contribution is 0.645. The van der Waals surface area contributed by atoms with Crippen molar-refractivity contribution in [1.29, 1.82) is 0 Å². The van der Waals surface area contributed by atoms with Crippen molar-refractivity contribution in [2.75, 3.05) is 13.1 Å². The number of rotatable bonds is 5. The van der Waals surface area contributed by atoms with Gasteiger partial charge in [-0.3, -0.25) is 4.99 Å². The Morgan fingerprint density at radius 1 is 1.10 bits per heavy atom. The van der Waals surface area contributed by atoms with Gasteiger partial charge in [0.15, 0.2) is 0 Å². The molecular weight excluding hydrogens is 256 g/mol. The highest BCUT2D eigenvalue weighted by Crippen LogP contribution is 2.25. The standard InChI is InChI=1S/C19H24N2/c1-2-5-16(6-3-1)7-4-8-19-10-9-18(15-21-19)17-11-13-20-14-12-17/h1-3,5-6,10-11,15,18,20H,4,7-9,12-14H2. The van der Waals surface area contributed by atoms with Crippen LogP contribution in [0.5, 0.6) is 0 Å². The minimum absolute atomic E-state index is 0.546. The Morgan fingerprint density at radius 2 is 2.00 bits per heavy atom. The third kappa shape index (κ3) is 4.15. The maximum Gasteiger partial charge on any atom is 0.0360 e. The van der Waals surface area contributed by atoms with Crippen molar-refractivity contribution in [2.24, 2.45) is 10.9 Å². The van der Waals surface area contributed by atoms with Crippen LogP contribution in [0.2, 0.25) is 0 Å². The van der Waals surface area contributed by atoms with Gasteiger partial charge in [0.2, 0.25) is 0 Å². The maximum absolute atomic E-state index is 4.69. The molecule has 0 aliphatic carbocycles.